The van der Waals surface area contributed by atoms with Crippen LogP contribution in [-0.2, 0) is 23.7 Å². The van der Waals surface area contributed by atoms with Crippen molar-refractivity contribution in [1.29, 1.82) is 0 Å². The highest BCUT2D eigenvalue weighted by Crippen LogP contribution is 2.31. The summed E-state index contributed by atoms with van der Waals surface area (Å²) in [4.78, 5) is 13.3. The lowest BCUT2D eigenvalue weighted by Crippen LogP contribution is -2.62. The van der Waals surface area contributed by atoms with Gasteiger partial charge in [0.2, 0.25) is 5.91 Å². The molecule has 0 aromatic heterocycles. The van der Waals surface area contributed by atoms with Crippen molar-refractivity contribution in [3.05, 3.63) is 0 Å². The normalized spacial score (nSPS) is 26.4. The summed E-state index contributed by atoms with van der Waals surface area (Å²) in [6, 6.07) is -1.28. The van der Waals surface area contributed by atoms with E-state index in [9.17, 15) is 55.9 Å². The Morgan fingerprint density at radius 2 is 0.956 bits per heavy atom. The Bertz CT molecular complexity index is 1190. The number of carbonyl (C=O) groups excluding carboxylic acids is 1. The summed E-state index contributed by atoms with van der Waals surface area (Å²) in [5, 5.41) is 108. The molecule has 0 saturated carbocycles. The van der Waals surface area contributed by atoms with E-state index >= 15 is 0 Å². The summed E-state index contributed by atoms with van der Waals surface area (Å²) in [5.41, 5.74) is 0. The van der Waals surface area contributed by atoms with E-state index in [0.717, 1.165) is 44.9 Å². The van der Waals surface area contributed by atoms with Crippen molar-refractivity contribution in [3.8, 4) is 0 Å². The van der Waals surface area contributed by atoms with E-state index in [1.807, 2.05) is 0 Å². The maximum absolute atomic E-state index is 13.3. The molecule has 0 radical (unpaired) electrons. The molecule has 2 fully saturated rings. The third-order valence-corrected chi connectivity index (χ3v) is 14.0. The predicted molar refractivity (Wildman–Crippen MR) is 261 cm³/mol. The number of aliphatic hydroxyl groups excluding tert-OH is 10. The predicted octanol–water partition coefficient (Wildman–Crippen LogP) is 5.72. The fourth-order valence-electron chi connectivity index (χ4n) is 9.42. The molecule has 14 atom stereocenters. The van der Waals surface area contributed by atoms with Crippen molar-refractivity contribution in [2.24, 2.45) is 0 Å². The van der Waals surface area contributed by atoms with Crippen molar-refractivity contribution >= 4 is 5.91 Å². The number of rotatable bonds is 44. The van der Waals surface area contributed by atoms with Gasteiger partial charge in [-0.05, 0) is 12.8 Å². The number of ether oxygens (including phenoxy) is 4. The Morgan fingerprint density at radius 3 is 1.38 bits per heavy atom. The first-order chi connectivity index (χ1) is 32.9. The van der Waals surface area contributed by atoms with Crippen LogP contribution in [0.1, 0.15) is 219 Å². The van der Waals surface area contributed by atoms with Crippen LogP contribution in [0.25, 0.3) is 0 Å². The van der Waals surface area contributed by atoms with Gasteiger partial charge in [-0.25, -0.2) is 0 Å². The fraction of sp³-hybridized carbons (Fsp3) is 0.981. The summed E-state index contributed by atoms with van der Waals surface area (Å²) in [7, 11) is 0. The zero-order chi connectivity index (χ0) is 49.9. The first-order valence-corrected chi connectivity index (χ1v) is 27.5. The molecule has 0 spiro atoms. The van der Waals surface area contributed by atoms with Crippen LogP contribution < -0.4 is 5.32 Å². The quantitative estimate of drug-likeness (QED) is 0.0326. The number of hydrogen-bond acceptors (Lipinski definition) is 15. The molecule has 68 heavy (non-hydrogen) atoms. The van der Waals surface area contributed by atoms with Crippen LogP contribution >= 0.6 is 0 Å². The van der Waals surface area contributed by atoms with Gasteiger partial charge in [-0.15, -0.1) is 0 Å². The maximum Gasteiger partial charge on any atom is 0.249 e. The largest absolute Gasteiger partial charge is 0.394 e. The van der Waals surface area contributed by atoms with Crippen LogP contribution in [0.2, 0.25) is 0 Å². The molecule has 0 aromatic rings. The molecule has 404 valence electrons. The zero-order valence-electron chi connectivity index (χ0n) is 42.3. The number of unbranched alkanes of at least 4 members (excludes halogenated alkanes) is 28. The summed E-state index contributed by atoms with van der Waals surface area (Å²) in [6.07, 6.45) is 15.7. The van der Waals surface area contributed by atoms with Crippen LogP contribution in [0.3, 0.4) is 0 Å². The maximum atomic E-state index is 13.3. The summed E-state index contributed by atoms with van der Waals surface area (Å²) < 4.78 is 22.5. The number of hydrogen-bond donors (Lipinski definition) is 11. The molecule has 2 saturated heterocycles. The second-order valence-corrected chi connectivity index (χ2v) is 20.0. The van der Waals surface area contributed by atoms with Crippen LogP contribution in [0, 0.1) is 0 Å². The van der Waals surface area contributed by atoms with E-state index in [-0.39, 0.29) is 12.8 Å². The van der Waals surface area contributed by atoms with Gasteiger partial charge in [0.05, 0.1) is 32.0 Å². The number of carbonyl (C=O) groups is 1. The van der Waals surface area contributed by atoms with Gasteiger partial charge in [0.15, 0.2) is 12.6 Å². The number of nitrogens with one attached hydrogen (secondary N) is 1. The Morgan fingerprint density at radius 1 is 0.529 bits per heavy atom. The summed E-state index contributed by atoms with van der Waals surface area (Å²) in [5.74, 6) is -0.762. The van der Waals surface area contributed by atoms with E-state index in [4.69, 9.17) is 18.9 Å². The van der Waals surface area contributed by atoms with Gasteiger partial charge in [-0.2, -0.15) is 0 Å². The molecule has 2 aliphatic heterocycles. The Kier molecular flexibility index (Phi) is 36.6. The van der Waals surface area contributed by atoms with Crippen molar-refractivity contribution in [3.63, 3.8) is 0 Å². The van der Waals surface area contributed by atoms with Gasteiger partial charge < -0.3 is 75.3 Å². The van der Waals surface area contributed by atoms with Gasteiger partial charge in [0.1, 0.15) is 61.0 Å². The van der Waals surface area contributed by atoms with E-state index in [2.05, 4.69) is 19.2 Å². The Hall–Kier alpha value is -1.09. The van der Waals surface area contributed by atoms with E-state index in [1.165, 1.54) is 135 Å². The van der Waals surface area contributed by atoms with Gasteiger partial charge >= 0.3 is 0 Å². The van der Waals surface area contributed by atoms with E-state index < -0.39 is 111 Å². The molecular weight excluding hydrogens is 879 g/mol. The first-order valence-electron chi connectivity index (χ1n) is 27.5. The summed E-state index contributed by atoms with van der Waals surface area (Å²) >= 11 is 0. The average molecular weight is 980 g/mol. The SMILES string of the molecule is CCCCCCCCCCCCCCCCCCCCCCC(O)C(=O)NC(COC1OC(CO)C(O)C(OC2OC(C(O)CO)C(O)C2O)C1O)C(O)C(O)CCCCCCCCCCCC. The van der Waals surface area contributed by atoms with Crippen LogP contribution in [-0.4, -0.2) is 163 Å². The third kappa shape index (κ3) is 25.5. The molecule has 2 aliphatic rings. The lowest BCUT2D eigenvalue weighted by atomic mass is 9.98. The molecule has 11 N–H and O–H groups in total. The monoisotopic (exact) mass is 980 g/mol. The van der Waals surface area contributed by atoms with Gasteiger partial charge in [0.25, 0.3) is 0 Å². The second kappa shape index (κ2) is 39.4. The number of aliphatic hydroxyl groups is 10. The van der Waals surface area contributed by atoms with Crippen LogP contribution in [0.5, 0.6) is 0 Å². The van der Waals surface area contributed by atoms with Crippen molar-refractivity contribution in [1.82, 2.24) is 5.32 Å². The molecule has 0 aromatic carbocycles. The number of amides is 1. The Labute approximate surface area is 409 Å². The fourth-order valence-corrected chi connectivity index (χ4v) is 9.42. The van der Waals surface area contributed by atoms with Crippen LogP contribution in [0.4, 0.5) is 0 Å². The van der Waals surface area contributed by atoms with Crippen molar-refractivity contribution in [2.45, 2.75) is 305 Å². The minimum atomic E-state index is -1.82. The molecule has 2 rings (SSSR count). The molecular formula is C52H101NO15. The van der Waals surface area contributed by atoms with Gasteiger partial charge in [0, 0.05) is 0 Å². The van der Waals surface area contributed by atoms with Crippen molar-refractivity contribution < 1.29 is 74.8 Å². The molecule has 16 nitrogen and oxygen atoms in total. The van der Waals surface area contributed by atoms with E-state index in [0.29, 0.717) is 12.8 Å². The zero-order valence-corrected chi connectivity index (χ0v) is 42.3. The van der Waals surface area contributed by atoms with E-state index in [1.54, 1.807) is 0 Å². The lowest BCUT2D eigenvalue weighted by molar-refractivity contribution is -0.332. The topological polar surface area (TPSA) is 268 Å². The average Bonchev–Trinajstić information content (AvgIpc) is 3.62. The molecule has 2 heterocycles. The minimum absolute atomic E-state index is 0.204. The smallest absolute Gasteiger partial charge is 0.249 e. The second-order valence-electron chi connectivity index (χ2n) is 20.0. The standard InChI is InChI=1S/C52H101NO15/c1-3-5-7-9-11-13-15-16-17-18-19-20-21-22-23-24-26-28-30-32-34-40(57)50(64)53-38(43(59)39(56)33-31-29-27-25-14-12-10-8-6-4-2)37-65-51-47(63)49(44(60)42(36-55)66-51)68-52-46(62)45(61)48(67-52)41(58)35-54/h38-49,51-52,54-63H,3-37H2,1-2H3,(H,53,64). The molecule has 0 aliphatic carbocycles. The highest BCUT2D eigenvalue weighted by molar-refractivity contribution is 5.80. The highest BCUT2D eigenvalue weighted by atomic mass is 16.7. The summed E-state index contributed by atoms with van der Waals surface area (Å²) in [6.45, 7) is 2.37. The minimum Gasteiger partial charge on any atom is -0.394 e. The highest BCUT2D eigenvalue weighted by Gasteiger charge is 2.52. The first kappa shape index (κ1) is 63.0. The lowest BCUT2D eigenvalue weighted by Gasteiger charge is -2.43. The van der Waals surface area contributed by atoms with Crippen LogP contribution in [0.15, 0.2) is 0 Å². The molecule has 14 unspecified atom stereocenters. The van der Waals surface area contributed by atoms with Crippen molar-refractivity contribution in [2.75, 3.05) is 19.8 Å². The van der Waals surface area contributed by atoms with Gasteiger partial charge in [-0.3, -0.25) is 4.79 Å². The Balaban J connectivity index is 1.85. The third-order valence-electron chi connectivity index (χ3n) is 14.0. The molecule has 16 heteroatoms. The molecule has 0 bridgehead atoms. The van der Waals surface area contributed by atoms with Gasteiger partial charge in [-0.1, -0.05) is 206 Å². The molecule has 1 amide bonds.